The number of likely N-dealkylation sites (N-methyl/N-ethyl adjacent to an activating group) is 1. The van der Waals surface area contributed by atoms with E-state index in [1.807, 2.05) is 24.3 Å². The topological polar surface area (TPSA) is 129 Å². The number of benzene rings is 2. The van der Waals surface area contributed by atoms with E-state index in [1.54, 1.807) is 37.5 Å². The fourth-order valence-electron chi connectivity index (χ4n) is 5.35. The number of nitrogens with two attached hydrogens (primary N) is 1. The number of primary amides is 1. The van der Waals surface area contributed by atoms with E-state index < -0.39 is 17.8 Å². The number of carbonyl (C=O) groups is 3. The van der Waals surface area contributed by atoms with Gasteiger partial charge in [0, 0.05) is 43.2 Å². The first-order valence-electron chi connectivity index (χ1n) is 13.8. The van der Waals surface area contributed by atoms with Crippen molar-refractivity contribution >= 4 is 23.5 Å². The number of aromatic nitrogens is 1. The number of amides is 4. The Hall–Kier alpha value is -4.31. The van der Waals surface area contributed by atoms with Crippen molar-refractivity contribution in [3.05, 3.63) is 95.6 Å². The van der Waals surface area contributed by atoms with Crippen LogP contribution in [0.15, 0.2) is 73.1 Å². The Bertz CT molecular complexity index is 1320. The third-order valence-electron chi connectivity index (χ3n) is 7.57. The molecule has 9 nitrogen and oxygen atoms in total. The zero-order valence-electron chi connectivity index (χ0n) is 23.1. The van der Waals surface area contributed by atoms with Crippen LogP contribution >= 0.6 is 0 Å². The van der Waals surface area contributed by atoms with Crippen molar-refractivity contribution in [1.29, 1.82) is 0 Å². The summed E-state index contributed by atoms with van der Waals surface area (Å²) in [6.45, 7) is 0.227. The minimum atomic E-state index is -0.958. The van der Waals surface area contributed by atoms with Crippen molar-refractivity contribution in [2.24, 2.45) is 11.7 Å². The number of anilines is 1. The van der Waals surface area contributed by atoms with Crippen LogP contribution in [0.2, 0.25) is 0 Å². The molecule has 1 aliphatic carbocycles. The molecule has 0 radical (unpaired) electrons. The van der Waals surface area contributed by atoms with Crippen molar-refractivity contribution in [1.82, 2.24) is 15.2 Å². The van der Waals surface area contributed by atoms with E-state index in [0.717, 1.165) is 30.4 Å². The van der Waals surface area contributed by atoms with E-state index in [9.17, 15) is 23.9 Å². The van der Waals surface area contributed by atoms with Crippen LogP contribution in [0.25, 0.3) is 0 Å². The molecule has 3 aromatic rings. The summed E-state index contributed by atoms with van der Waals surface area (Å²) in [5, 5.41) is 12.1. The number of carbonyl (C=O) groups excluding carboxylic acids is 3. The SMILES string of the molecule is CN(CCO)C(=O)N(Cc1ccc(C2CCCCC2C(=O)NC(C(N)=O)c2cccnc2)cc1)c1ccc(F)cc1. The third kappa shape index (κ3) is 7.46. The maximum atomic E-state index is 13.6. The Morgan fingerprint density at radius 3 is 2.41 bits per heavy atom. The second kappa shape index (κ2) is 13.8. The summed E-state index contributed by atoms with van der Waals surface area (Å²) in [6.07, 6.45) is 6.54. The van der Waals surface area contributed by atoms with E-state index in [2.05, 4.69) is 10.3 Å². The standard InChI is InChI=1S/C31H36FN5O4/c1-36(17-18-38)31(41)37(25-14-12-24(32)13-15-25)20-21-8-10-22(11-9-21)26-6-2-3-7-27(26)30(40)35-28(29(33)39)23-5-4-16-34-19-23/h4-5,8-16,19,26-28,38H,2-3,6-7,17-18,20H2,1H3,(H2,33,39)(H,35,40). The predicted octanol–water partition coefficient (Wildman–Crippen LogP) is 3.89. The summed E-state index contributed by atoms with van der Waals surface area (Å²) in [5.41, 5.74) is 8.54. The highest BCUT2D eigenvalue weighted by Gasteiger charge is 2.34. The summed E-state index contributed by atoms with van der Waals surface area (Å²) in [5.74, 6) is -1.62. The van der Waals surface area contributed by atoms with Crippen LogP contribution in [-0.4, -0.2) is 53.0 Å². The average Bonchev–Trinajstić information content (AvgIpc) is 2.99. The molecule has 1 aliphatic rings. The molecule has 0 aliphatic heterocycles. The summed E-state index contributed by atoms with van der Waals surface area (Å²) in [7, 11) is 1.60. The van der Waals surface area contributed by atoms with Gasteiger partial charge in [0.2, 0.25) is 11.8 Å². The van der Waals surface area contributed by atoms with Crippen molar-refractivity contribution in [3.8, 4) is 0 Å². The quantitative estimate of drug-likeness (QED) is 0.346. The Morgan fingerprint density at radius 1 is 1.07 bits per heavy atom. The smallest absolute Gasteiger partial charge is 0.324 e. The number of nitrogens with one attached hydrogen (secondary N) is 1. The highest BCUT2D eigenvalue weighted by molar-refractivity contribution is 5.92. The molecule has 1 heterocycles. The monoisotopic (exact) mass is 561 g/mol. The van der Waals surface area contributed by atoms with Crippen LogP contribution in [0.4, 0.5) is 14.9 Å². The first-order chi connectivity index (χ1) is 19.8. The lowest BCUT2D eigenvalue weighted by atomic mass is 9.74. The molecule has 0 spiro atoms. The Morgan fingerprint density at radius 2 is 1.78 bits per heavy atom. The molecule has 4 N–H and O–H groups in total. The highest BCUT2D eigenvalue weighted by Crippen LogP contribution is 2.38. The third-order valence-corrected chi connectivity index (χ3v) is 7.57. The minimum Gasteiger partial charge on any atom is -0.395 e. The zero-order valence-corrected chi connectivity index (χ0v) is 23.1. The molecule has 1 saturated carbocycles. The van der Waals surface area contributed by atoms with E-state index in [0.29, 0.717) is 17.7 Å². The van der Waals surface area contributed by atoms with Crippen molar-refractivity contribution in [3.63, 3.8) is 0 Å². The number of aliphatic hydroxyl groups is 1. The molecule has 41 heavy (non-hydrogen) atoms. The van der Waals surface area contributed by atoms with Crippen molar-refractivity contribution in [2.45, 2.75) is 44.2 Å². The molecular weight excluding hydrogens is 525 g/mol. The Balaban J connectivity index is 1.51. The molecule has 3 unspecified atom stereocenters. The molecule has 0 bridgehead atoms. The first-order valence-corrected chi connectivity index (χ1v) is 13.8. The molecule has 4 rings (SSSR count). The Kier molecular flexibility index (Phi) is 10.0. The lowest BCUT2D eigenvalue weighted by Crippen LogP contribution is -2.42. The molecular formula is C31H36FN5O4. The molecule has 0 saturated heterocycles. The van der Waals surface area contributed by atoms with Gasteiger partial charge in [-0.15, -0.1) is 0 Å². The van der Waals surface area contributed by atoms with Crippen molar-refractivity contribution < 1.29 is 23.9 Å². The summed E-state index contributed by atoms with van der Waals surface area (Å²) >= 11 is 0. The highest BCUT2D eigenvalue weighted by atomic mass is 19.1. The number of urea groups is 1. The van der Waals surface area contributed by atoms with Gasteiger partial charge in [-0.25, -0.2) is 9.18 Å². The number of aliphatic hydroxyl groups excluding tert-OH is 1. The average molecular weight is 562 g/mol. The first kappa shape index (κ1) is 29.7. The number of pyridine rings is 1. The molecule has 2 aromatic carbocycles. The number of hydrogen-bond acceptors (Lipinski definition) is 5. The van der Waals surface area contributed by atoms with E-state index in [1.165, 1.54) is 28.1 Å². The van der Waals surface area contributed by atoms with Gasteiger partial charge in [0.05, 0.1) is 13.2 Å². The second-order valence-corrected chi connectivity index (χ2v) is 10.4. The van der Waals surface area contributed by atoms with Gasteiger partial charge in [0.25, 0.3) is 0 Å². The van der Waals surface area contributed by atoms with Gasteiger partial charge in [-0.1, -0.05) is 43.2 Å². The van der Waals surface area contributed by atoms with Gasteiger partial charge in [-0.2, -0.15) is 0 Å². The van der Waals surface area contributed by atoms with Crippen LogP contribution in [0.5, 0.6) is 0 Å². The summed E-state index contributed by atoms with van der Waals surface area (Å²) in [6, 6.07) is 15.6. The number of hydrogen-bond donors (Lipinski definition) is 3. The van der Waals surface area contributed by atoms with Crippen LogP contribution in [0.3, 0.4) is 0 Å². The number of nitrogens with zero attached hydrogens (tertiary/aromatic N) is 3. The minimum absolute atomic E-state index is 0.0363. The molecule has 1 aromatic heterocycles. The van der Waals surface area contributed by atoms with Gasteiger partial charge in [-0.3, -0.25) is 19.5 Å². The second-order valence-electron chi connectivity index (χ2n) is 10.4. The number of rotatable bonds is 10. The van der Waals surface area contributed by atoms with Gasteiger partial charge in [0.15, 0.2) is 0 Å². The fraction of sp³-hybridized carbons (Fsp3) is 0.355. The van der Waals surface area contributed by atoms with Gasteiger partial charge in [-0.05, 0) is 60.2 Å². The van der Waals surface area contributed by atoms with E-state index >= 15 is 0 Å². The normalized spacial score (nSPS) is 17.3. The zero-order chi connectivity index (χ0) is 29.4. The van der Waals surface area contributed by atoms with Crippen LogP contribution in [0.1, 0.15) is 54.3 Å². The summed E-state index contributed by atoms with van der Waals surface area (Å²) in [4.78, 5) is 45.7. The maximum Gasteiger partial charge on any atom is 0.324 e. The maximum absolute atomic E-state index is 13.6. The van der Waals surface area contributed by atoms with Crippen LogP contribution in [0, 0.1) is 11.7 Å². The summed E-state index contributed by atoms with van der Waals surface area (Å²) < 4.78 is 13.6. The van der Waals surface area contributed by atoms with Crippen LogP contribution < -0.4 is 16.0 Å². The Labute approximate surface area is 239 Å². The van der Waals surface area contributed by atoms with E-state index in [4.69, 9.17) is 5.73 Å². The lowest BCUT2D eigenvalue weighted by molar-refractivity contribution is -0.131. The molecule has 10 heteroatoms. The number of halogens is 1. The van der Waals surface area contributed by atoms with Gasteiger partial charge < -0.3 is 21.1 Å². The van der Waals surface area contributed by atoms with Gasteiger partial charge >= 0.3 is 6.03 Å². The molecule has 216 valence electrons. The van der Waals surface area contributed by atoms with Crippen LogP contribution in [-0.2, 0) is 16.1 Å². The fourth-order valence-corrected chi connectivity index (χ4v) is 5.35. The van der Waals surface area contributed by atoms with Gasteiger partial charge in [0.1, 0.15) is 11.9 Å². The molecule has 4 amide bonds. The predicted molar refractivity (Wildman–Crippen MR) is 153 cm³/mol. The van der Waals surface area contributed by atoms with E-state index in [-0.39, 0.29) is 43.5 Å². The molecule has 3 atom stereocenters. The van der Waals surface area contributed by atoms with Crippen molar-refractivity contribution in [2.75, 3.05) is 25.1 Å². The molecule has 1 fully saturated rings. The lowest BCUT2D eigenvalue weighted by Gasteiger charge is -2.32. The largest absolute Gasteiger partial charge is 0.395 e.